The number of amides is 1. The average Bonchev–Trinajstić information content (AvgIpc) is 3.17. The Hall–Kier alpha value is -1.22. The lowest BCUT2D eigenvalue weighted by Crippen LogP contribution is -2.43. The third-order valence-electron chi connectivity index (χ3n) is 4.45. The van der Waals surface area contributed by atoms with Crippen molar-refractivity contribution in [1.29, 1.82) is 0 Å². The molecule has 2 atom stereocenters. The molecule has 0 radical (unpaired) electrons. The van der Waals surface area contributed by atoms with Gasteiger partial charge in [-0.05, 0) is 17.5 Å². The number of ether oxygens (including phenoxy) is 1. The van der Waals surface area contributed by atoms with Gasteiger partial charge in [-0.25, -0.2) is 13.1 Å². The third-order valence-corrected chi connectivity index (χ3v) is 5.96. The number of thiophene rings is 1. The van der Waals surface area contributed by atoms with Crippen molar-refractivity contribution in [3.05, 3.63) is 28.5 Å². The second-order valence-electron chi connectivity index (χ2n) is 6.24. The van der Waals surface area contributed by atoms with Gasteiger partial charge in [-0.2, -0.15) is 0 Å². The summed E-state index contributed by atoms with van der Waals surface area (Å²) in [4.78, 5) is 15.2. The largest absolute Gasteiger partial charge is 0.380 e. The molecule has 126 valence electrons. The highest BCUT2D eigenvalue weighted by atomic mass is 32.2. The molecule has 2 fully saturated rings. The summed E-state index contributed by atoms with van der Waals surface area (Å²) < 4.78 is 30.9. The highest BCUT2D eigenvalue weighted by Crippen LogP contribution is 2.41. The van der Waals surface area contributed by atoms with Crippen molar-refractivity contribution in [2.45, 2.75) is 0 Å². The van der Waals surface area contributed by atoms with Gasteiger partial charge in [0.15, 0.2) is 0 Å². The van der Waals surface area contributed by atoms with E-state index in [4.69, 9.17) is 4.74 Å². The molecule has 0 saturated carbocycles. The first-order valence-electron chi connectivity index (χ1n) is 7.41. The molecule has 6 nitrogen and oxygen atoms in total. The monoisotopic (exact) mass is 356 g/mol. The smallest absolute Gasteiger partial charge is 0.246 e. The lowest BCUT2D eigenvalue weighted by atomic mass is 9.81. The van der Waals surface area contributed by atoms with E-state index in [1.54, 1.807) is 22.3 Å². The van der Waals surface area contributed by atoms with Gasteiger partial charge in [0, 0.05) is 41.9 Å². The van der Waals surface area contributed by atoms with Crippen LogP contribution in [-0.4, -0.2) is 58.3 Å². The van der Waals surface area contributed by atoms with Gasteiger partial charge >= 0.3 is 0 Å². The second-order valence-corrected chi connectivity index (χ2v) is 9.05. The van der Waals surface area contributed by atoms with Gasteiger partial charge in [-0.3, -0.25) is 4.79 Å². The molecular weight excluding hydrogens is 336 g/mol. The lowest BCUT2D eigenvalue weighted by molar-refractivity contribution is -0.125. The predicted octanol–water partition coefficient (Wildman–Crippen LogP) is 0.786. The van der Waals surface area contributed by atoms with Crippen molar-refractivity contribution in [2.24, 2.45) is 11.3 Å². The standard InChI is InChI=1S/C15H20N2O4S2/c1-23(19,20)16-9-15-10-17(7-12(15)8-21-11-15)14(18)5-4-13-3-2-6-22-13/h2-6,12,16H,7-11H2,1H3/b5-4+/t12-,15+/m1/s1. The number of rotatable bonds is 5. The molecule has 0 aromatic carbocycles. The molecule has 1 aromatic heterocycles. The first-order valence-corrected chi connectivity index (χ1v) is 10.2. The van der Waals surface area contributed by atoms with E-state index in [-0.39, 0.29) is 17.2 Å². The van der Waals surface area contributed by atoms with Gasteiger partial charge in [-0.1, -0.05) is 6.07 Å². The maximum atomic E-state index is 12.4. The molecule has 0 aliphatic carbocycles. The molecule has 3 heterocycles. The van der Waals surface area contributed by atoms with Crippen molar-refractivity contribution in [1.82, 2.24) is 9.62 Å². The second kappa shape index (κ2) is 6.35. The summed E-state index contributed by atoms with van der Waals surface area (Å²) in [6, 6.07) is 3.90. The van der Waals surface area contributed by atoms with Crippen LogP contribution in [0.4, 0.5) is 0 Å². The van der Waals surface area contributed by atoms with E-state index in [0.717, 1.165) is 11.1 Å². The zero-order valence-corrected chi connectivity index (χ0v) is 14.5. The Morgan fingerprint density at radius 2 is 2.43 bits per heavy atom. The highest BCUT2D eigenvalue weighted by Gasteiger charge is 2.51. The number of nitrogens with zero attached hydrogens (tertiary/aromatic N) is 1. The number of hydrogen-bond donors (Lipinski definition) is 1. The minimum Gasteiger partial charge on any atom is -0.380 e. The Morgan fingerprint density at radius 1 is 1.61 bits per heavy atom. The molecule has 1 amide bonds. The predicted molar refractivity (Wildman–Crippen MR) is 89.5 cm³/mol. The van der Waals surface area contributed by atoms with Crippen LogP contribution in [0.1, 0.15) is 4.88 Å². The molecule has 0 spiro atoms. The van der Waals surface area contributed by atoms with Crippen LogP contribution >= 0.6 is 11.3 Å². The maximum Gasteiger partial charge on any atom is 0.246 e. The molecule has 0 bridgehead atoms. The summed E-state index contributed by atoms with van der Waals surface area (Å²) in [5, 5.41) is 1.97. The summed E-state index contributed by atoms with van der Waals surface area (Å²) in [7, 11) is -3.25. The van der Waals surface area contributed by atoms with Crippen LogP contribution in [0, 0.1) is 11.3 Å². The van der Waals surface area contributed by atoms with Crippen molar-refractivity contribution in [3.63, 3.8) is 0 Å². The number of hydrogen-bond acceptors (Lipinski definition) is 5. The van der Waals surface area contributed by atoms with Crippen LogP contribution in [0.2, 0.25) is 0 Å². The van der Waals surface area contributed by atoms with Crippen molar-refractivity contribution < 1.29 is 17.9 Å². The first-order chi connectivity index (χ1) is 10.9. The number of sulfonamides is 1. The van der Waals surface area contributed by atoms with Crippen LogP contribution in [0.15, 0.2) is 23.6 Å². The number of likely N-dealkylation sites (tertiary alicyclic amines) is 1. The summed E-state index contributed by atoms with van der Waals surface area (Å²) in [6.07, 6.45) is 4.56. The summed E-state index contributed by atoms with van der Waals surface area (Å²) in [5.74, 6) is 0.141. The van der Waals surface area contributed by atoms with E-state index >= 15 is 0 Å². The van der Waals surface area contributed by atoms with Gasteiger partial charge in [0.25, 0.3) is 0 Å². The summed E-state index contributed by atoms with van der Waals surface area (Å²) in [5.41, 5.74) is -0.310. The summed E-state index contributed by atoms with van der Waals surface area (Å²) in [6.45, 7) is 2.50. The van der Waals surface area contributed by atoms with Gasteiger partial charge in [0.05, 0.1) is 19.5 Å². The highest BCUT2D eigenvalue weighted by molar-refractivity contribution is 7.88. The minimum absolute atomic E-state index is 0.0356. The van der Waals surface area contributed by atoms with Gasteiger partial charge < -0.3 is 9.64 Å². The molecule has 2 saturated heterocycles. The number of carbonyl (C=O) groups is 1. The van der Waals surface area contributed by atoms with Crippen LogP contribution in [-0.2, 0) is 19.6 Å². The zero-order valence-electron chi connectivity index (χ0n) is 12.9. The van der Waals surface area contributed by atoms with E-state index in [2.05, 4.69) is 4.72 Å². The molecule has 2 aliphatic rings. The third kappa shape index (κ3) is 3.82. The topological polar surface area (TPSA) is 75.7 Å². The lowest BCUT2D eigenvalue weighted by Gasteiger charge is -2.26. The quantitative estimate of drug-likeness (QED) is 0.792. The maximum absolute atomic E-state index is 12.4. The Labute approximate surface area is 140 Å². The van der Waals surface area contributed by atoms with E-state index in [1.807, 2.05) is 23.6 Å². The first kappa shape index (κ1) is 16.6. The fourth-order valence-electron chi connectivity index (χ4n) is 3.17. The van der Waals surface area contributed by atoms with Crippen LogP contribution in [0.5, 0.6) is 0 Å². The van der Waals surface area contributed by atoms with Crippen molar-refractivity contribution in [2.75, 3.05) is 39.1 Å². The number of nitrogens with one attached hydrogen (secondary N) is 1. The van der Waals surface area contributed by atoms with Gasteiger partial charge in [0.1, 0.15) is 0 Å². The molecular formula is C15H20N2O4S2. The normalized spacial score (nSPS) is 27.7. The van der Waals surface area contributed by atoms with Crippen LogP contribution in [0.3, 0.4) is 0 Å². The molecule has 23 heavy (non-hydrogen) atoms. The molecule has 2 aliphatic heterocycles. The summed E-state index contributed by atoms with van der Waals surface area (Å²) >= 11 is 1.58. The van der Waals surface area contributed by atoms with Crippen LogP contribution in [0.25, 0.3) is 6.08 Å². The van der Waals surface area contributed by atoms with E-state index in [9.17, 15) is 13.2 Å². The zero-order chi connectivity index (χ0) is 16.5. The van der Waals surface area contributed by atoms with Crippen molar-refractivity contribution in [3.8, 4) is 0 Å². The molecule has 0 unspecified atom stereocenters. The minimum atomic E-state index is -3.25. The Balaban J connectivity index is 1.66. The number of carbonyl (C=O) groups excluding carboxylic acids is 1. The van der Waals surface area contributed by atoms with E-state index < -0.39 is 10.0 Å². The Morgan fingerprint density at radius 3 is 3.13 bits per heavy atom. The molecule has 3 rings (SSSR count). The Bertz CT molecular complexity index is 699. The van der Waals surface area contributed by atoms with Gasteiger partial charge in [0.2, 0.25) is 15.9 Å². The Kier molecular flexibility index (Phi) is 4.59. The molecule has 8 heteroatoms. The molecule has 1 aromatic rings. The fourth-order valence-corrected chi connectivity index (χ4v) is 4.34. The molecule has 1 N–H and O–H groups in total. The van der Waals surface area contributed by atoms with E-state index in [0.29, 0.717) is 32.8 Å². The SMILES string of the molecule is CS(=O)(=O)NC[C@]12COC[C@H]1CN(C(=O)/C=C/c1cccs1)C2. The van der Waals surface area contributed by atoms with Crippen LogP contribution < -0.4 is 4.72 Å². The van der Waals surface area contributed by atoms with Gasteiger partial charge in [-0.15, -0.1) is 11.3 Å². The number of fused-ring (bicyclic) bond motifs is 1. The van der Waals surface area contributed by atoms with E-state index in [1.165, 1.54) is 0 Å². The fraction of sp³-hybridized carbons (Fsp3) is 0.533. The average molecular weight is 356 g/mol. The van der Waals surface area contributed by atoms with Crippen molar-refractivity contribution >= 4 is 33.3 Å².